The zero-order valence-electron chi connectivity index (χ0n) is 12.8. The van der Waals surface area contributed by atoms with Gasteiger partial charge in [-0.1, -0.05) is 11.6 Å². The monoisotopic (exact) mass is 363 g/mol. The Morgan fingerprint density at radius 1 is 1.25 bits per heavy atom. The molecule has 0 aliphatic carbocycles. The van der Waals surface area contributed by atoms with Crippen LogP contribution in [0.3, 0.4) is 0 Å². The first kappa shape index (κ1) is 16.5. The Labute approximate surface area is 147 Å². The molecule has 0 atom stereocenters. The van der Waals surface area contributed by atoms with Gasteiger partial charge in [-0.2, -0.15) is 0 Å². The molecule has 3 aromatic rings. The van der Waals surface area contributed by atoms with Crippen LogP contribution in [0.4, 0.5) is 0 Å². The number of nitrogens with zero attached hydrogens (tertiary/aromatic N) is 1. The van der Waals surface area contributed by atoms with Gasteiger partial charge in [-0.05, 0) is 30.3 Å². The number of ether oxygens (including phenoxy) is 1. The summed E-state index contributed by atoms with van der Waals surface area (Å²) in [5.74, 6) is 0.312. The largest absolute Gasteiger partial charge is 0.484 e. The first-order chi connectivity index (χ1) is 11.5. The number of hydrogen-bond donors (Lipinski definition) is 0. The normalized spacial score (nSPS) is 10.8. The fraction of sp³-hybridized carbons (Fsp3) is 0.176. The number of fused-ring (bicyclic) bond motifs is 1. The molecule has 2 heterocycles. The van der Waals surface area contributed by atoms with Gasteiger partial charge < -0.3 is 14.1 Å². The molecule has 0 saturated carbocycles. The molecular formula is C17H14ClNO4S. The van der Waals surface area contributed by atoms with E-state index in [1.165, 1.54) is 17.4 Å². The maximum Gasteiger partial charge on any atom is 0.336 e. The van der Waals surface area contributed by atoms with Crippen molar-refractivity contribution in [2.24, 2.45) is 0 Å². The predicted molar refractivity (Wildman–Crippen MR) is 93.8 cm³/mol. The summed E-state index contributed by atoms with van der Waals surface area (Å²) in [6.07, 6.45) is 0. The Morgan fingerprint density at radius 2 is 2.04 bits per heavy atom. The van der Waals surface area contributed by atoms with E-state index in [4.69, 9.17) is 20.8 Å². The third-order valence-corrected chi connectivity index (χ3v) is 4.62. The number of thiophene rings is 1. The fourth-order valence-electron chi connectivity index (χ4n) is 2.14. The lowest BCUT2D eigenvalue weighted by Gasteiger charge is -2.16. The zero-order chi connectivity index (χ0) is 17.1. The minimum absolute atomic E-state index is 0.0990. The summed E-state index contributed by atoms with van der Waals surface area (Å²) in [5, 5.41) is 0.792. The highest BCUT2D eigenvalue weighted by molar-refractivity contribution is 7.16. The number of benzene rings is 1. The second-order valence-corrected chi connectivity index (χ2v) is 7.00. The van der Waals surface area contributed by atoms with Gasteiger partial charge in [0.25, 0.3) is 5.91 Å². The van der Waals surface area contributed by atoms with Crippen molar-refractivity contribution in [1.82, 2.24) is 4.90 Å². The molecule has 5 nitrogen and oxygen atoms in total. The molecule has 7 heteroatoms. The van der Waals surface area contributed by atoms with E-state index in [0.717, 1.165) is 10.3 Å². The lowest BCUT2D eigenvalue weighted by atomic mass is 10.2. The lowest BCUT2D eigenvalue weighted by molar-refractivity contribution is -0.132. The van der Waals surface area contributed by atoms with Gasteiger partial charge in [0.05, 0.1) is 10.9 Å². The van der Waals surface area contributed by atoms with Crippen LogP contribution in [0.2, 0.25) is 4.34 Å². The SMILES string of the molecule is CN(Cc1ccc(Cl)s1)C(=O)COc1ccc2ccc(=O)oc2c1. The van der Waals surface area contributed by atoms with Crippen LogP contribution in [0.15, 0.2) is 51.7 Å². The van der Waals surface area contributed by atoms with Gasteiger partial charge in [0.2, 0.25) is 0 Å². The third kappa shape index (κ3) is 3.96. The summed E-state index contributed by atoms with van der Waals surface area (Å²) in [5.41, 5.74) is -0.000834. The van der Waals surface area contributed by atoms with Crippen molar-refractivity contribution in [3.63, 3.8) is 0 Å². The van der Waals surface area contributed by atoms with Crippen LogP contribution in [-0.2, 0) is 11.3 Å². The third-order valence-electron chi connectivity index (χ3n) is 3.40. The molecule has 0 bridgehead atoms. The fourth-order valence-corrected chi connectivity index (χ4v) is 3.29. The van der Waals surface area contributed by atoms with Crippen molar-refractivity contribution in [3.05, 3.63) is 62.1 Å². The molecule has 0 radical (unpaired) electrons. The van der Waals surface area contributed by atoms with E-state index in [-0.39, 0.29) is 12.5 Å². The Hall–Kier alpha value is -2.31. The van der Waals surface area contributed by atoms with Gasteiger partial charge in [-0.25, -0.2) is 4.79 Å². The van der Waals surface area contributed by atoms with Crippen LogP contribution in [0, 0.1) is 0 Å². The Kier molecular flexibility index (Phi) is 4.87. The number of rotatable bonds is 5. The Bertz CT molecular complexity index is 933. The van der Waals surface area contributed by atoms with E-state index in [9.17, 15) is 9.59 Å². The second kappa shape index (κ2) is 7.07. The van der Waals surface area contributed by atoms with Gasteiger partial charge in [-0.3, -0.25) is 4.79 Å². The topological polar surface area (TPSA) is 59.8 Å². The first-order valence-corrected chi connectivity index (χ1v) is 8.35. The maximum absolute atomic E-state index is 12.1. The van der Waals surface area contributed by atoms with Crippen LogP contribution in [0.25, 0.3) is 11.0 Å². The van der Waals surface area contributed by atoms with Gasteiger partial charge in [0, 0.05) is 29.4 Å². The summed E-state index contributed by atoms with van der Waals surface area (Å²) in [7, 11) is 1.71. The smallest absolute Gasteiger partial charge is 0.336 e. The highest BCUT2D eigenvalue weighted by atomic mass is 35.5. The molecule has 0 aliphatic rings. The van der Waals surface area contributed by atoms with Crippen molar-refractivity contribution in [1.29, 1.82) is 0 Å². The molecule has 0 saturated heterocycles. The van der Waals surface area contributed by atoms with Crippen LogP contribution in [0.5, 0.6) is 5.75 Å². The molecule has 124 valence electrons. The highest BCUT2D eigenvalue weighted by Gasteiger charge is 2.12. The van der Waals surface area contributed by atoms with Crippen LogP contribution in [-0.4, -0.2) is 24.5 Å². The van der Waals surface area contributed by atoms with Crippen LogP contribution >= 0.6 is 22.9 Å². The minimum Gasteiger partial charge on any atom is -0.484 e. The summed E-state index contributed by atoms with van der Waals surface area (Å²) in [4.78, 5) is 26.0. The maximum atomic E-state index is 12.1. The first-order valence-electron chi connectivity index (χ1n) is 7.16. The summed E-state index contributed by atoms with van der Waals surface area (Å²) < 4.78 is 11.3. The van der Waals surface area contributed by atoms with Crippen molar-refractivity contribution in [3.8, 4) is 5.75 Å². The van der Waals surface area contributed by atoms with E-state index in [2.05, 4.69) is 0 Å². The lowest BCUT2D eigenvalue weighted by Crippen LogP contribution is -2.30. The molecule has 0 fully saturated rings. The number of likely N-dealkylation sites (N-methyl/N-ethyl adjacent to an activating group) is 1. The molecular weight excluding hydrogens is 350 g/mol. The van der Waals surface area contributed by atoms with Crippen LogP contribution < -0.4 is 10.4 Å². The number of amides is 1. The van der Waals surface area contributed by atoms with Gasteiger partial charge in [0.15, 0.2) is 6.61 Å². The van der Waals surface area contributed by atoms with E-state index in [0.29, 0.717) is 22.2 Å². The Morgan fingerprint density at radius 3 is 2.79 bits per heavy atom. The van der Waals surface area contributed by atoms with Crippen molar-refractivity contribution < 1.29 is 13.9 Å². The molecule has 0 unspecified atom stereocenters. The number of halogens is 1. The number of carbonyl (C=O) groups excluding carboxylic acids is 1. The molecule has 24 heavy (non-hydrogen) atoms. The predicted octanol–water partition coefficient (Wildman–Crippen LogP) is 3.55. The minimum atomic E-state index is -0.426. The van der Waals surface area contributed by atoms with E-state index in [1.807, 2.05) is 6.07 Å². The standard InChI is InChI=1S/C17H14ClNO4S/c1-19(9-13-5-6-15(18)24-13)16(20)10-22-12-4-2-11-3-7-17(21)23-14(11)8-12/h2-8H,9-10H2,1H3. The zero-order valence-corrected chi connectivity index (χ0v) is 14.4. The number of hydrogen-bond acceptors (Lipinski definition) is 5. The average molecular weight is 364 g/mol. The van der Waals surface area contributed by atoms with E-state index < -0.39 is 5.63 Å². The molecule has 0 spiro atoms. The highest BCUT2D eigenvalue weighted by Crippen LogP contribution is 2.23. The molecule has 3 rings (SSSR count). The summed E-state index contributed by atoms with van der Waals surface area (Å²) in [6.45, 7) is 0.379. The molecule has 1 amide bonds. The number of carbonyl (C=O) groups is 1. The molecule has 0 N–H and O–H groups in total. The van der Waals surface area contributed by atoms with Gasteiger partial charge >= 0.3 is 5.63 Å². The van der Waals surface area contributed by atoms with E-state index >= 15 is 0 Å². The van der Waals surface area contributed by atoms with Crippen molar-refractivity contribution >= 4 is 39.8 Å². The van der Waals surface area contributed by atoms with Crippen molar-refractivity contribution in [2.75, 3.05) is 13.7 Å². The van der Waals surface area contributed by atoms with Crippen molar-refractivity contribution in [2.45, 2.75) is 6.54 Å². The second-order valence-electron chi connectivity index (χ2n) is 5.20. The van der Waals surface area contributed by atoms with Gasteiger partial charge in [0.1, 0.15) is 11.3 Å². The quantitative estimate of drug-likeness (QED) is 0.650. The van der Waals surface area contributed by atoms with Crippen LogP contribution in [0.1, 0.15) is 4.88 Å². The van der Waals surface area contributed by atoms with E-state index in [1.54, 1.807) is 42.3 Å². The molecule has 0 aliphatic heterocycles. The summed E-state index contributed by atoms with van der Waals surface area (Å²) >= 11 is 7.32. The summed E-state index contributed by atoms with van der Waals surface area (Å²) in [6, 6.07) is 11.8. The average Bonchev–Trinajstić information content (AvgIpc) is 2.97. The Balaban J connectivity index is 1.62. The molecule has 1 aromatic carbocycles. The van der Waals surface area contributed by atoms with Gasteiger partial charge in [-0.15, -0.1) is 11.3 Å². The molecule has 2 aromatic heterocycles.